The molecule has 0 bridgehead atoms. The number of nitrogens with zero attached hydrogens (tertiary/aromatic N) is 1. The van der Waals surface area contributed by atoms with Crippen LogP contribution in [0.1, 0.15) is 42.1 Å². The number of carbonyl (C=O) groups is 1. The molecule has 1 amide bonds. The smallest absolute Gasteiger partial charge is 0.258 e. The quantitative estimate of drug-likeness (QED) is 0.122. The Bertz CT molecular complexity index is 1390. The highest BCUT2D eigenvalue weighted by molar-refractivity contribution is 14.1. The molecular weight excluding hydrogens is 740 g/mol. The van der Waals surface area contributed by atoms with Gasteiger partial charge in [-0.25, -0.2) is 4.98 Å². The molecule has 0 spiro atoms. The van der Waals surface area contributed by atoms with Crippen molar-refractivity contribution in [2.45, 2.75) is 26.2 Å². The molecule has 0 radical (unpaired) electrons. The Kier molecular flexibility index (Phi) is 8.26. The molecule has 9 heteroatoms. The van der Waals surface area contributed by atoms with Crippen LogP contribution in [-0.4, -0.2) is 16.0 Å². The maximum Gasteiger partial charge on any atom is 0.258 e. The van der Waals surface area contributed by atoms with Crippen molar-refractivity contribution in [1.29, 1.82) is 0 Å². The Hall–Kier alpha value is -1.57. The molecule has 174 valence electrons. The number of amides is 1. The van der Waals surface area contributed by atoms with E-state index in [1.165, 1.54) is 5.56 Å². The average Bonchev–Trinajstić information content (AvgIpc) is 3.24. The molecule has 1 aromatic heterocycles. The highest BCUT2D eigenvalue weighted by atomic mass is 127. The fourth-order valence-corrected chi connectivity index (χ4v) is 5.82. The molecule has 2 N–H and O–H groups in total. The molecule has 0 saturated heterocycles. The van der Waals surface area contributed by atoms with Gasteiger partial charge in [0.1, 0.15) is 5.52 Å². The molecule has 1 atom stereocenters. The van der Waals surface area contributed by atoms with Crippen LogP contribution in [0.2, 0.25) is 0 Å². The fraction of sp³-hybridized carbons (Fsp3) is 0.160. The molecule has 0 saturated carbocycles. The molecule has 0 unspecified atom stereocenters. The second-order valence-electron chi connectivity index (χ2n) is 7.79. The number of hydrogen-bond donors (Lipinski definition) is 2. The van der Waals surface area contributed by atoms with Gasteiger partial charge in [-0.3, -0.25) is 10.1 Å². The van der Waals surface area contributed by atoms with Gasteiger partial charge < -0.3 is 9.73 Å². The van der Waals surface area contributed by atoms with Crippen molar-refractivity contribution in [3.05, 3.63) is 77.3 Å². The van der Waals surface area contributed by atoms with Gasteiger partial charge in [0, 0.05) is 22.9 Å². The predicted octanol–water partition coefficient (Wildman–Crippen LogP) is 8.11. The molecule has 0 aliphatic carbocycles. The van der Waals surface area contributed by atoms with E-state index in [2.05, 4.69) is 103 Å². The van der Waals surface area contributed by atoms with Crippen LogP contribution < -0.4 is 10.6 Å². The van der Waals surface area contributed by atoms with E-state index < -0.39 is 0 Å². The summed E-state index contributed by atoms with van der Waals surface area (Å²) in [5.41, 5.74) is 5.03. The lowest BCUT2D eigenvalue weighted by Crippen LogP contribution is -2.34. The summed E-state index contributed by atoms with van der Waals surface area (Å²) >= 11 is 13.2. The molecule has 0 aliphatic rings. The zero-order chi connectivity index (χ0) is 24.4. The molecule has 0 fully saturated rings. The first-order valence-electron chi connectivity index (χ1n) is 10.5. The maximum absolute atomic E-state index is 12.7. The first kappa shape index (κ1) is 25.5. The largest absolute Gasteiger partial charge is 0.436 e. The first-order chi connectivity index (χ1) is 16.2. The lowest BCUT2D eigenvalue weighted by molar-refractivity contribution is 0.0977. The van der Waals surface area contributed by atoms with Gasteiger partial charge in [-0.15, -0.1) is 0 Å². The van der Waals surface area contributed by atoms with Crippen LogP contribution in [0, 0.1) is 7.14 Å². The normalized spacial score (nSPS) is 11.9. The summed E-state index contributed by atoms with van der Waals surface area (Å²) in [6, 6.07) is 17.5. The van der Waals surface area contributed by atoms with Gasteiger partial charge in [0.15, 0.2) is 10.7 Å². The average molecular weight is 760 g/mol. The van der Waals surface area contributed by atoms with Gasteiger partial charge in [-0.2, -0.15) is 0 Å². The van der Waals surface area contributed by atoms with Crippen molar-refractivity contribution in [2.75, 3.05) is 5.32 Å². The number of aromatic nitrogens is 1. The van der Waals surface area contributed by atoms with E-state index in [1.807, 2.05) is 42.5 Å². The second-order valence-corrected chi connectivity index (χ2v) is 11.4. The van der Waals surface area contributed by atoms with Crippen molar-refractivity contribution >= 4 is 101 Å². The lowest BCUT2D eigenvalue weighted by Gasteiger charge is -2.11. The van der Waals surface area contributed by atoms with E-state index in [4.69, 9.17) is 16.6 Å². The highest BCUT2D eigenvalue weighted by Gasteiger charge is 2.15. The molecular formula is C25H20BrI2N3O2S. The molecule has 4 aromatic rings. The third-order valence-electron chi connectivity index (χ3n) is 5.45. The third kappa shape index (κ3) is 5.80. The number of thiocarbonyl (C=S) groups is 1. The Morgan fingerprint density at radius 2 is 1.88 bits per heavy atom. The molecule has 5 nitrogen and oxygen atoms in total. The van der Waals surface area contributed by atoms with Gasteiger partial charge in [-0.05, 0) is 140 Å². The topological polar surface area (TPSA) is 67.2 Å². The molecule has 4 rings (SSSR count). The number of hydrogen-bond acceptors (Lipinski definition) is 4. The van der Waals surface area contributed by atoms with Crippen molar-refractivity contribution in [3.63, 3.8) is 0 Å². The second kappa shape index (κ2) is 11.0. The SMILES string of the molecule is CC[C@H](C)c1ccc2oc(-c3ccc(NC(=S)NC(=O)c4cc(I)cc(I)c4Br)cc3)nc2c1. The summed E-state index contributed by atoms with van der Waals surface area (Å²) in [6.07, 6.45) is 1.08. The zero-order valence-corrected chi connectivity index (χ0v) is 25.0. The van der Waals surface area contributed by atoms with Crippen LogP contribution in [0.3, 0.4) is 0 Å². The van der Waals surface area contributed by atoms with Crippen LogP contribution >= 0.6 is 73.3 Å². The summed E-state index contributed by atoms with van der Waals surface area (Å²) in [5, 5.41) is 6.01. The van der Waals surface area contributed by atoms with E-state index in [0.29, 0.717) is 17.4 Å². The van der Waals surface area contributed by atoms with Crippen LogP contribution in [0.15, 0.2) is 63.5 Å². The first-order valence-corrected chi connectivity index (χ1v) is 13.9. The number of halogens is 3. The number of nitrogens with one attached hydrogen (secondary N) is 2. The van der Waals surface area contributed by atoms with Gasteiger partial charge in [-0.1, -0.05) is 19.9 Å². The Morgan fingerprint density at radius 1 is 1.15 bits per heavy atom. The standard InChI is InChI=1S/C25H20BrI2N3O2S/c1-3-13(2)15-6-9-21-20(10-15)30-24(33-21)14-4-7-17(8-5-14)29-25(34)31-23(32)18-11-16(27)12-19(28)22(18)26/h4-13H,3H2,1-2H3,(H2,29,31,32,34)/t13-/m0/s1. The van der Waals surface area contributed by atoms with Crippen LogP contribution in [0.5, 0.6) is 0 Å². The third-order valence-corrected chi connectivity index (χ3v) is 8.72. The Labute approximate surface area is 238 Å². The number of oxazole rings is 1. The lowest BCUT2D eigenvalue weighted by atomic mass is 9.98. The van der Waals surface area contributed by atoms with Crippen molar-refractivity contribution < 1.29 is 9.21 Å². The Morgan fingerprint density at radius 3 is 2.59 bits per heavy atom. The van der Waals surface area contributed by atoms with Crippen molar-refractivity contribution in [3.8, 4) is 11.5 Å². The van der Waals surface area contributed by atoms with Crippen LogP contribution in [-0.2, 0) is 0 Å². The summed E-state index contributed by atoms with van der Waals surface area (Å²) in [7, 11) is 0. The minimum absolute atomic E-state index is 0.220. The van der Waals surface area contributed by atoms with E-state index >= 15 is 0 Å². The summed E-state index contributed by atoms with van der Waals surface area (Å²) < 4.78 is 8.63. The number of fused-ring (bicyclic) bond motifs is 1. The monoisotopic (exact) mass is 759 g/mol. The zero-order valence-electron chi connectivity index (χ0n) is 18.3. The molecule has 0 aliphatic heterocycles. The van der Waals surface area contributed by atoms with Crippen molar-refractivity contribution in [2.24, 2.45) is 0 Å². The van der Waals surface area contributed by atoms with Crippen molar-refractivity contribution in [1.82, 2.24) is 10.3 Å². The molecule has 3 aromatic carbocycles. The van der Waals surface area contributed by atoms with Gasteiger partial charge >= 0.3 is 0 Å². The minimum atomic E-state index is -0.277. The van der Waals surface area contributed by atoms with E-state index in [9.17, 15) is 4.79 Å². The number of carbonyl (C=O) groups excluding carboxylic acids is 1. The molecule has 1 heterocycles. The molecule has 34 heavy (non-hydrogen) atoms. The number of rotatable bonds is 5. The summed E-state index contributed by atoms with van der Waals surface area (Å²) in [4.78, 5) is 17.4. The Balaban J connectivity index is 1.45. The predicted molar refractivity (Wildman–Crippen MR) is 161 cm³/mol. The fourth-order valence-electron chi connectivity index (χ4n) is 3.36. The van der Waals surface area contributed by atoms with E-state index in [-0.39, 0.29) is 11.0 Å². The summed E-state index contributed by atoms with van der Waals surface area (Å²) in [6.45, 7) is 4.39. The number of anilines is 1. The van der Waals surface area contributed by atoms with E-state index in [0.717, 1.165) is 40.4 Å². The van der Waals surface area contributed by atoms with Gasteiger partial charge in [0.2, 0.25) is 5.89 Å². The summed E-state index contributed by atoms with van der Waals surface area (Å²) in [5.74, 6) is 0.770. The van der Waals surface area contributed by atoms with Gasteiger partial charge in [0.05, 0.1) is 5.56 Å². The maximum atomic E-state index is 12.7. The number of benzene rings is 3. The van der Waals surface area contributed by atoms with E-state index in [1.54, 1.807) is 0 Å². The van der Waals surface area contributed by atoms with Crippen LogP contribution in [0.25, 0.3) is 22.6 Å². The highest BCUT2D eigenvalue weighted by Crippen LogP contribution is 2.29. The minimum Gasteiger partial charge on any atom is -0.436 e. The van der Waals surface area contributed by atoms with Gasteiger partial charge in [0.25, 0.3) is 5.91 Å². The van der Waals surface area contributed by atoms with Crippen LogP contribution in [0.4, 0.5) is 5.69 Å².